The molecule has 4 atom stereocenters. The minimum Gasteiger partial charge on any atom is -0.445 e. The summed E-state index contributed by atoms with van der Waals surface area (Å²) in [6, 6.07) is 13.4. The lowest BCUT2D eigenvalue weighted by molar-refractivity contribution is -0.124. The van der Waals surface area contributed by atoms with E-state index in [2.05, 4.69) is 16.0 Å². The van der Waals surface area contributed by atoms with E-state index in [1.54, 1.807) is 20.8 Å². The maximum Gasteiger partial charge on any atom is 0.408 e. The van der Waals surface area contributed by atoms with Gasteiger partial charge in [-0.1, -0.05) is 41.9 Å². The van der Waals surface area contributed by atoms with Crippen LogP contribution in [0.25, 0.3) is 0 Å². The van der Waals surface area contributed by atoms with E-state index in [-0.39, 0.29) is 23.3 Å². The van der Waals surface area contributed by atoms with E-state index in [9.17, 15) is 22.8 Å². The molecule has 0 aliphatic heterocycles. The van der Waals surface area contributed by atoms with Crippen molar-refractivity contribution in [1.82, 2.24) is 16.0 Å². The van der Waals surface area contributed by atoms with Gasteiger partial charge in [0.25, 0.3) is 0 Å². The molecule has 0 saturated heterocycles. The lowest BCUT2D eigenvalue weighted by Crippen LogP contribution is -2.55. The highest BCUT2D eigenvalue weighted by atomic mass is 35.5. The minimum atomic E-state index is -3.76. The quantitative estimate of drug-likeness (QED) is 0.276. The van der Waals surface area contributed by atoms with Gasteiger partial charge in [0.2, 0.25) is 5.91 Å². The Morgan fingerprint density at radius 1 is 1.00 bits per heavy atom. The Bertz CT molecular complexity index is 1350. The maximum absolute atomic E-state index is 13.5. The first-order valence-corrected chi connectivity index (χ1v) is 17.9. The van der Waals surface area contributed by atoms with Crippen molar-refractivity contribution in [3.05, 3.63) is 65.2 Å². The molecule has 2 aromatic rings. The lowest BCUT2D eigenvalue weighted by atomic mass is 9.82. The van der Waals surface area contributed by atoms with Gasteiger partial charge >= 0.3 is 12.2 Å². The summed E-state index contributed by atoms with van der Waals surface area (Å²) in [5, 5.41) is 8.95. The Balaban J connectivity index is 1.73. The minimum absolute atomic E-state index is 0.0584. The number of benzene rings is 2. The van der Waals surface area contributed by atoms with Crippen LogP contribution in [-0.4, -0.2) is 68.0 Å². The van der Waals surface area contributed by atoms with Crippen molar-refractivity contribution in [2.75, 3.05) is 17.8 Å². The van der Waals surface area contributed by atoms with Crippen molar-refractivity contribution in [3.8, 4) is 0 Å². The number of sulfone groups is 1. The van der Waals surface area contributed by atoms with E-state index < -0.39 is 51.5 Å². The molecule has 1 fully saturated rings. The number of amides is 3. The molecule has 0 heterocycles. The number of alkyl carbamates (subject to hydrolysis) is 2. The Morgan fingerprint density at radius 3 is 2.32 bits per heavy atom. The largest absolute Gasteiger partial charge is 0.445 e. The summed E-state index contributed by atoms with van der Waals surface area (Å²) >= 11 is 7.50. The van der Waals surface area contributed by atoms with Crippen molar-refractivity contribution in [2.24, 2.45) is 5.92 Å². The first-order chi connectivity index (χ1) is 20.8. The predicted octanol–water partition coefficient (Wildman–Crippen LogP) is 5.34. The molecule has 13 heteroatoms. The predicted molar refractivity (Wildman–Crippen MR) is 172 cm³/mol. The van der Waals surface area contributed by atoms with Crippen LogP contribution in [0.15, 0.2) is 59.5 Å². The summed E-state index contributed by atoms with van der Waals surface area (Å²) in [5.41, 5.74) is 0.127. The average molecular weight is 668 g/mol. The standard InChI is InChI=1S/C31H42ClN3O7S2/c1-31(2,3)42-30(38)33-24-12-15-26(22(18-24)20-44(39,40)25-13-10-23(32)11-14-25)34-28(36)27(16-17-43-4)35-29(37)41-19-21-8-6-5-7-9-21/h5-11,13-14,22,24,26-27H,12,15-20H2,1-4H3,(H,33,38)(H,34,36)(H,35,37)/t22-,24+,26-,27?/m0/s1. The van der Waals surface area contributed by atoms with E-state index in [1.165, 1.54) is 36.0 Å². The van der Waals surface area contributed by atoms with Crippen molar-refractivity contribution >= 4 is 51.3 Å². The highest BCUT2D eigenvalue weighted by Crippen LogP contribution is 2.29. The summed E-state index contributed by atoms with van der Waals surface area (Å²) in [6.07, 6.45) is 2.18. The van der Waals surface area contributed by atoms with E-state index in [4.69, 9.17) is 21.1 Å². The van der Waals surface area contributed by atoms with Crippen LogP contribution in [0.1, 0.15) is 52.0 Å². The fourth-order valence-electron chi connectivity index (χ4n) is 4.96. The van der Waals surface area contributed by atoms with Crippen molar-refractivity contribution in [1.29, 1.82) is 0 Å². The van der Waals surface area contributed by atoms with Crippen LogP contribution in [0.2, 0.25) is 5.02 Å². The van der Waals surface area contributed by atoms with Gasteiger partial charge in [0, 0.05) is 17.1 Å². The molecule has 1 aliphatic rings. The summed E-state index contributed by atoms with van der Waals surface area (Å²) in [7, 11) is -3.76. The number of carbonyl (C=O) groups is 3. The van der Waals surface area contributed by atoms with Crippen LogP contribution in [0.5, 0.6) is 0 Å². The summed E-state index contributed by atoms with van der Waals surface area (Å²) in [4.78, 5) is 38.7. The van der Waals surface area contributed by atoms with Gasteiger partial charge < -0.3 is 25.4 Å². The van der Waals surface area contributed by atoms with Gasteiger partial charge in [-0.3, -0.25) is 4.79 Å². The molecule has 0 bridgehead atoms. The molecule has 242 valence electrons. The molecule has 0 radical (unpaired) electrons. The molecule has 1 aliphatic carbocycles. The normalized spacial score (nSPS) is 19.3. The molecule has 3 amide bonds. The van der Waals surface area contributed by atoms with Gasteiger partial charge in [-0.25, -0.2) is 18.0 Å². The second-order valence-corrected chi connectivity index (χ2v) is 15.3. The summed E-state index contributed by atoms with van der Waals surface area (Å²) in [6.45, 7) is 5.35. The maximum atomic E-state index is 13.5. The van der Waals surface area contributed by atoms with Crippen LogP contribution < -0.4 is 16.0 Å². The molecule has 10 nitrogen and oxygen atoms in total. The van der Waals surface area contributed by atoms with Crippen LogP contribution in [0.4, 0.5) is 9.59 Å². The fraction of sp³-hybridized carbons (Fsp3) is 0.516. The summed E-state index contributed by atoms with van der Waals surface area (Å²) < 4.78 is 37.6. The van der Waals surface area contributed by atoms with Crippen LogP contribution >= 0.6 is 23.4 Å². The van der Waals surface area contributed by atoms with Crippen LogP contribution in [-0.2, 0) is 30.7 Å². The van der Waals surface area contributed by atoms with Gasteiger partial charge in [0.15, 0.2) is 9.84 Å². The van der Waals surface area contributed by atoms with Gasteiger partial charge in [-0.2, -0.15) is 11.8 Å². The molecule has 0 spiro atoms. The molecule has 3 N–H and O–H groups in total. The molecular formula is C31H42ClN3O7S2. The third-order valence-corrected chi connectivity index (χ3v) is 9.82. The average Bonchev–Trinajstić information content (AvgIpc) is 2.95. The van der Waals surface area contributed by atoms with Gasteiger partial charge in [0.05, 0.1) is 10.6 Å². The fourth-order valence-corrected chi connectivity index (χ4v) is 7.23. The van der Waals surface area contributed by atoms with E-state index in [0.717, 1.165) is 5.56 Å². The Labute approximate surface area is 269 Å². The number of nitrogens with one attached hydrogen (secondary N) is 3. The van der Waals surface area contributed by atoms with Crippen molar-refractivity contribution < 1.29 is 32.3 Å². The zero-order valence-electron chi connectivity index (χ0n) is 25.5. The number of hydrogen-bond donors (Lipinski definition) is 3. The van der Waals surface area contributed by atoms with Crippen LogP contribution in [0, 0.1) is 5.92 Å². The Kier molecular flexibility index (Phi) is 13.2. The van der Waals surface area contributed by atoms with Crippen molar-refractivity contribution in [2.45, 2.75) is 81.7 Å². The number of rotatable bonds is 12. The Hall–Kier alpha value is -2.96. The van der Waals surface area contributed by atoms with Gasteiger partial charge in [-0.15, -0.1) is 0 Å². The van der Waals surface area contributed by atoms with Gasteiger partial charge in [-0.05, 0) is 94.2 Å². The third kappa shape index (κ3) is 11.9. The number of ether oxygens (including phenoxy) is 2. The zero-order chi connectivity index (χ0) is 32.3. The smallest absolute Gasteiger partial charge is 0.408 e. The second-order valence-electron chi connectivity index (χ2n) is 11.8. The SMILES string of the molecule is CSCCC(NC(=O)OCc1ccccc1)C(=O)N[C@H]1CC[C@@H](NC(=O)OC(C)(C)C)C[C@H]1CS(=O)(=O)c1ccc(Cl)cc1. The topological polar surface area (TPSA) is 140 Å². The van der Waals surface area contributed by atoms with E-state index in [0.29, 0.717) is 36.5 Å². The zero-order valence-corrected chi connectivity index (χ0v) is 27.9. The Morgan fingerprint density at radius 2 is 1.68 bits per heavy atom. The first kappa shape index (κ1) is 35.5. The number of carbonyl (C=O) groups excluding carboxylic acids is 3. The van der Waals surface area contributed by atoms with Crippen molar-refractivity contribution in [3.63, 3.8) is 0 Å². The third-order valence-electron chi connectivity index (χ3n) is 7.07. The highest BCUT2D eigenvalue weighted by Gasteiger charge is 2.37. The lowest BCUT2D eigenvalue weighted by Gasteiger charge is -2.37. The van der Waals surface area contributed by atoms with Gasteiger partial charge in [0.1, 0.15) is 18.2 Å². The summed E-state index contributed by atoms with van der Waals surface area (Å²) in [5.74, 6) is -0.598. The number of hydrogen-bond acceptors (Lipinski definition) is 8. The second kappa shape index (κ2) is 16.4. The molecular weight excluding hydrogens is 626 g/mol. The first-order valence-electron chi connectivity index (χ1n) is 14.5. The van der Waals surface area contributed by atoms with Crippen LogP contribution in [0.3, 0.4) is 0 Å². The molecule has 3 rings (SSSR count). The highest BCUT2D eigenvalue weighted by molar-refractivity contribution is 7.98. The van der Waals surface area contributed by atoms with E-state index in [1.807, 2.05) is 36.6 Å². The number of halogens is 1. The molecule has 2 aromatic carbocycles. The number of thioether (sulfide) groups is 1. The monoisotopic (exact) mass is 667 g/mol. The molecule has 44 heavy (non-hydrogen) atoms. The molecule has 1 saturated carbocycles. The molecule has 1 unspecified atom stereocenters. The molecule has 0 aromatic heterocycles. The van der Waals surface area contributed by atoms with E-state index >= 15 is 0 Å².